The summed E-state index contributed by atoms with van der Waals surface area (Å²) in [5.74, 6) is 1.69. The van der Waals surface area contributed by atoms with Crippen LogP contribution < -0.4 is 21.3 Å². The molecule has 10 N–H and O–H groups in total. The maximum absolute atomic E-state index is 5.09. The second-order valence-corrected chi connectivity index (χ2v) is 15.3. The summed E-state index contributed by atoms with van der Waals surface area (Å²) in [4.78, 5) is 34.5. The molecule has 4 aromatic rings. The van der Waals surface area contributed by atoms with Crippen LogP contribution in [0.1, 0.15) is 44.9 Å². The van der Waals surface area contributed by atoms with Crippen LogP contribution in [0, 0.1) is 21.4 Å². The molecule has 2 saturated carbocycles. The Hall–Kier alpha value is -3.12. The molecule has 2 saturated heterocycles. The third-order valence-corrected chi connectivity index (χ3v) is 9.82. The van der Waals surface area contributed by atoms with Crippen LogP contribution in [0.3, 0.4) is 0 Å². The number of aromatic nitrogens is 8. The number of hydrogen-bond acceptors (Lipinski definition) is 11. The Labute approximate surface area is 351 Å². The molecule has 14 nitrogen and oxygen atoms in total. The summed E-state index contributed by atoms with van der Waals surface area (Å²) in [5.41, 5.74) is 0. The molecule has 4 atom stereocenters. The summed E-state index contributed by atoms with van der Waals surface area (Å²) in [5, 5.41) is 14.4. The van der Waals surface area contributed by atoms with Crippen molar-refractivity contribution in [2.45, 2.75) is 67.1 Å². The Morgan fingerprint density at radius 3 is 1.49 bits per heavy atom. The summed E-state index contributed by atoms with van der Waals surface area (Å²) in [6.07, 6.45) is 26.1. The molecule has 0 radical (unpaired) electrons. The molecular formula is C31H44N14S8. The van der Waals surface area contributed by atoms with Crippen LogP contribution in [0.5, 0.6) is 0 Å². The molecule has 6 aliphatic rings. The highest BCUT2D eigenvalue weighted by Crippen LogP contribution is 2.32. The van der Waals surface area contributed by atoms with Gasteiger partial charge in [0.1, 0.15) is 4.99 Å². The summed E-state index contributed by atoms with van der Waals surface area (Å²) in [6, 6.07) is 1.50. The highest BCUT2D eigenvalue weighted by molar-refractivity contribution is 7.81. The lowest BCUT2D eigenvalue weighted by Crippen LogP contribution is -2.35. The molecule has 10 rings (SSSR count). The third kappa shape index (κ3) is 20.2. The van der Waals surface area contributed by atoms with Gasteiger partial charge in [-0.15, -0.1) is 25.3 Å². The lowest BCUT2D eigenvalue weighted by molar-refractivity contribution is 0.505. The van der Waals surface area contributed by atoms with E-state index in [4.69, 9.17) is 24.4 Å². The van der Waals surface area contributed by atoms with E-state index in [1.54, 1.807) is 62.4 Å². The van der Waals surface area contributed by atoms with Crippen LogP contribution in [0.4, 0.5) is 0 Å². The molecule has 4 aromatic heterocycles. The first-order valence-corrected chi connectivity index (χ1v) is 19.9. The first kappa shape index (κ1) is 44.3. The predicted octanol–water partition coefficient (Wildman–Crippen LogP) is 5.99. The fourth-order valence-electron chi connectivity index (χ4n) is 5.26. The normalized spacial score (nSPS) is 21.5. The Balaban J connectivity index is 0.000000164. The highest BCUT2D eigenvalue weighted by atomic mass is 32.1. The van der Waals surface area contributed by atoms with Gasteiger partial charge in [-0.05, 0) is 81.1 Å². The van der Waals surface area contributed by atoms with Gasteiger partial charge in [0.25, 0.3) is 0 Å². The summed E-state index contributed by atoms with van der Waals surface area (Å²) >= 11 is 36.5. The van der Waals surface area contributed by atoms with Crippen molar-refractivity contribution >= 4 is 131 Å². The zero-order chi connectivity index (χ0) is 38.3. The van der Waals surface area contributed by atoms with Crippen molar-refractivity contribution in [1.29, 1.82) is 0 Å². The molecule has 4 fully saturated rings. The van der Waals surface area contributed by atoms with Crippen molar-refractivity contribution in [3.8, 4) is 0 Å². The van der Waals surface area contributed by atoms with Crippen LogP contribution >= 0.6 is 98.6 Å². The van der Waals surface area contributed by atoms with E-state index in [9.17, 15) is 0 Å². The van der Waals surface area contributed by atoms with Gasteiger partial charge in [-0.1, -0.05) is 36.7 Å². The van der Waals surface area contributed by atoms with E-state index in [1.165, 1.54) is 38.5 Å². The number of aromatic amines is 6. The highest BCUT2D eigenvalue weighted by Gasteiger charge is 2.34. The van der Waals surface area contributed by atoms with E-state index >= 15 is 0 Å². The van der Waals surface area contributed by atoms with Gasteiger partial charge in [0.15, 0.2) is 14.7 Å². The van der Waals surface area contributed by atoms with E-state index in [0.717, 1.165) is 61.9 Å². The van der Waals surface area contributed by atoms with E-state index in [2.05, 4.69) is 145 Å². The van der Waals surface area contributed by atoms with E-state index in [0.29, 0.717) is 21.2 Å². The van der Waals surface area contributed by atoms with Gasteiger partial charge < -0.3 is 51.2 Å². The molecule has 4 bridgehead atoms. The van der Waals surface area contributed by atoms with Gasteiger partial charge in [-0.3, -0.25) is 4.99 Å². The number of piperidine rings is 2. The van der Waals surface area contributed by atoms with Crippen LogP contribution in [-0.2, 0) is 0 Å². The molecule has 286 valence electrons. The standard InChI is InChI=1S/C7H11NS.C6H9NS.6C3H4N2S/c9-7-4-5-1-2-6(3-5)8-7;8-6-4-1-2-5(3-4)7-6;3*6-3-1-4-2-5-3;3*6-3-4-1-2-5-3/h5-6H,1-4H2,(H,8,9);4-5H,1-3H2,(H,7,8);2H,1H2,(H,4,5,6);2*1-2,6H,(H,4,5);1H,2H2,(H,5,6);2*1-2H,(H2,4,5,6). The zero-order valence-electron chi connectivity index (χ0n) is 28.6. The average molecular weight is 869 g/mol. The minimum Gasteiger partial charge on any atom is -0.377 e. The lowest BCUT2D eigenvalue weighted by Gasteiger charge is -2.21. The van der Waals surface area contributed by atoms with Crippen LogP contribution in [0.2, 0.25) is 0 Å². The number of rotatable bonds is 0. The topological polar surface area (TPSA) is 193 Å². The van der Waals surface area contributed by atoms with Crippen molar-refractivity contribution in [3.05, 3.63) is 59.4 Å². The van der Waals surface area contributed by atoms with Crippen molar-refractivity contribution in [2.24, 2.45) is 21.8 Å². The molecule has 53 heavy (non-hydrogen) atoms. The lowest BCUT2D eigenvalue weighted by atomic mass is 10.0. The Kier molecular flexibility index (Phi) is 21.6. The van der Waals surface area contributed by atoms with Gasteiger partial charge in [0.05, 0.1) is 64.5 Å². The zero-order valence-corrected chi connectivity index (χ0v) is 35.3. The fourth-order valence-corrected chi connectivity index (χ4v) is 6.85. The Morgan fingerprint density at radius 1 is 0.660 bits per heavy atom. The van der Waals surface area contributed by atoms with Gasteiger partial charge in [0.2, 0.25) is 0 Å². The molecule has 0 aromatic carbocycles. The number of thiol groups is 2. The van der Waals surface area contributed by atoms with Crippen molar-refractivity contribution in [1.82, 2.24) is 61.1 Å². The SMILES string of the molecule is S=C1CC2CCC(C2)N1.S=C1CN=CN1.S=C1N=CCN1.S=C1NC2CCC1C2.S=c1[nH]cc[nH]1.S=c1[nH]cc[nH]1.Sc1cnc[nH]1.Sc1cnc[nH]1. The minimum absolute atomic E-state index is 0.606. The predicted molar refractivity (Wildman–Crippen MR) is 240 cm³/mol. The van der Waals surface area contributed by atoms with Crippen LogP contribution in [-0.4, -0.2) is 97.7 Å². The second-order valence-electron chi connectivity index (χ2n) is 11.7. The van der Waals surface area contributed by atoms with Gasteiger partial charge in [-0.2, -0.15) is 0 Å². The van der Waals surface area contributed by atoms with Crippen molar-refractivity contribution in [2.75, 3.05) is 13.1 Å². The van der Waals surface area contributed by atoms with Gasteiger partial charge in [-0.25, -0.2) is 15.0 Å². The Morgan fingerprint density at radius 2 is 1.25 bits per heavy atom. The number of hydrogen-bond donors (Lipinski definition) is 12. The largest absolute Gasteiger partial charge is 0.377 e. The quantitative estimate of drug-likeness (QED) is 0.0731. The first-order chi connectivity index (χ1) is 25.6. The molecule has 0 spiro atoms. The van der Waals surface area contributed by atoms with Crippen LogP contribution in [0.25, 0.3) is 0 Å². The summed E-state index contributed by atoms with van der Waals surface area (Å²) in [6.45, 7) is 1.48. The Bertz CT molecular complexity index is 1680. The number of fused-ring (bicyclic) bond motifs is 4. The first-order valence-electron chi connectivity index (χ1n) is 16.5. The smallest absolute Gasteiger partial charge is 0.192 e. The molecule has 0 amide bonds. The van der Waals surface area contributed by atoms with Gasteiger partial charge >= 0.3 is 0 Å². The number of aliphatic imine (C=N–C) groups is 2. The maximum Gasteiger partial charge on any atom is 0.192 e. The summed E-state index contributed by atoms with van der Waals surface area (Å²) in [7, 11) is 0. The molecule has 4 aliphatic heterocycles. The van der Waals surface area contributed by atoms with Crippen LogP contribution in [0.15, 0.2) is 69.9 Å². The molecular weight excluding hydrogens is 825 g/mol. The number of nitrogens with one attached hydrogen (secondary N) is 10. The van der Waals surface area contributed by atoms with E-state index in [-0.39, 0.29) is 0 Å². The molecule has 2 aliphatic carbocycles. The second kappa shape index (κ2) is 25.8. The van der Waals surface area contributed by atoms with E-state index < -0.39 is 0 Å². The number of H-pyrrole nitrogens is 6. The number of imidazole rings is 4. The van der Waals surface area contributed by atoms with Gasteiger partial charge in [0, 0.05) is 55.4 Å². The number of nitrogens with zero attached hydrogens (tertiary/aromatic N) is 4. The van der Waals surface area contributed by atoms with E-state index in [1.807, 2.05) is 0 Å². The fraction of sp³-hybridized carbons (Fsp3) is 0.419. The number of thiocarbonyl (C=S) groups is 4. The molecule has 4 unspecified atom stereocenters. The third-order valence-electron chi connectivity index (χ3n) is 7.63. The summed E-state index contributed by atoms with van der Waals surface area (Å²) < 4.78 is 1.35. The maximum atomic E-state index is 5.09. The molecule has 22 heteroatoms. The average Bonchev–Trinajstić information content (AvgIpc) is 3.97. The minimum atomic E-state index is 0.606. The van der Waals surface area contributed by atoms with Crippen molar-refractivity contribution in [3.63, 3.8) is 0 Å². The monoisotopic (exact) mass is 868 g/mol. The van der Waals surface area contributed by atoms with Crippen molar-refractivity contribution < 1.29 is 0 Å². The molecule has 8 heterocycles.